The molecule has 1 amide bonds. The van der Waals surface area contributed by atoms with Gasteiger partial charge in [-0.05, 0) is 31.9 Å². The molecule has 0 bridgehead atoms. The van der Waals surface area contributed by atoms with Crippen molar-refractivity contribution in [2.75, 3.05) is 0 Å². The summed E-state index contributed by atoms with van der Waals surface area (Å²) < 4.78 is 0. The van der Waals surface area contributed by atoms with Gasteiger partial charge >= 0.3 is 0 Å². The van der Waals surface area contributed by atoms with Crippen LogP contribution in [0.3, 0.4) is 0 Å². The second-order valence-electron chi connectivity index (χ2n) is 4.95. The van der Waals surface area contributed by atoms with Gasteiger partial charge in [0.2, 0.25) is 0 Å². The molecular weight excluding hydrogens is 228 g/mol. The van der Waals surface area contributed by atoms with E-state index >= 15 is 0 Å². The van der Waals surface area contributed by atoms with Gasteiger partial charge in [0, 0.05) is 5.69 Å². The van der Waals surface area contributed by atoms with E-state index in [2.05, 4.69) is 10.3 Å². The number of carbonyl (C=O) groups excluding carboxylic acids is 1. The van der Waals surface area contributed by atoms with Gasteiger partial charge in [0.1, 0.15) is 5.69 Å². The van der Waals surface area contributed by atoms with Crippen LogP contribution in [-0.2, 0) is 0 Å². The monoisotopic (exact) mass is 248 g/mol. The predicted octanol–water partition coefficient (Wildman–Crippen LogP) is 1.81. The summed E-state index contributed by atoms with van der Waals surface area (Å²) in [6.07, 6.45) is 4.41. The molecule has 0 aliphatic heterocycles. The van der Waals surface area contributed by atoms with Gasteiger partial charge in [-0.15, -0.1) is 0 Å². The number of carbonyl (C=O) groups is 1. The lowest BCUT2D eigenvalue weighted by Gasteiger charge is -2.21. The smallest absolute Gasteiger partial charge is 0.270 e. The van der Waals surface area contributed by atoms with Crippen molar-refractivity contribution in [2.24, 2.45) is 0 Å². The van der Waals surface area contributed by atoms with Crippen LogP contribution in [0.15, 0.2) is 18.2 Å². The van der Waals surface area contributed by atoms with Crippen LogP contribution in [0, 0.1) is 6.92 Å². The number of hydrogen-bond acceptors (Lipinski definition) is 3. The van der Waals surface area contributed by atoms with E-state index in [4.69, 9.17) is 0 Å². The number of amides is 1. The fraction of sp³-hybridized carbons (Fsp3) is 0.571. The molecular formula is C14H20N2O2. The van der Waals surface area contributed by atoms with E-state index < -0.39 is 6.10 Å². The molecule has 1 saturated carbocycles. The Kier molecular flexibility index (Phi) is 4.31. The normalized spacial score (nSPS) is 24.3. The van der Waals surface area contributed by atoms with Crippen LogP contribution in [0.25, 0.3) is 0 Å². The summed E-state index contributed by atoms with van der Waals surface area (Å²) in [6.45, 7) is 1.86. The van der Waals surface area contributed by atoms with Crippen molar-refractivity contribution in [3.63, 3.8) is 0 Å². The molecule has 2 N–H and O–H groups in total. The van der Waals surface area contributed by atoms with E-state index in [-0.39, 0.29) is 11.9 Å². The Morgan fingerprint density at radius 3 is 2.89 bits per heavy atom. The highest BCUT2D eigenvalue weighted by Gasteiger charge is 2.23. The Morgan fingerprint density at radius 1 is 1.33 bits per heavy atom. The highest BCUT2D eigenvalue weighted by Crippen LogP contribution is 2.18. The fourth-order valence-electron chi connectivity index (χ4n) is 2.37. The van der Waals surface area contributed by atoms with Gasteiger partial charge in [0.15, 0.2) is 0 Å². The fourth-order valence-corrected chi connectivity index (χ4v) is 2.37. The third-order valence-electron chi connectivity index (χ3n) is 3.42. The summed E-state index contributed by atoms with van der Waals surface area (Å²) in [5.74, 6) is -0.190. The first kappa shape index (κ1) is 13.0. The number of aliphatic hydroxyl groups is 1. The van der Waals surface area contributed by atoms with Crippen LogP contribution >= 0.6 is 0 Å². The van der Waals surface area contributed by atoms with Gasteiger partial charge in [-0.1, -0.05) is 25.3 Å². The predicted molar refractivity (Wildman–Crippen MR) is 69.3 cm³/mol. The molecule has 1 heterocycles. The van der Waals surface area contributed by atoms with Crippen molar-refractivity contribution in [1.29, 1.82) is 0 Å². The minimum atomic E-state index is -0.429. The van der Waals surface area contributed by atoms with Crippen LogP contribution in [0.1, 0.15) is 48.3 Å². The molecule has 2 unspecified atom stereocenters. The van der Waals surface area contributed by atoms with E-state index in [1.54, 1.807) is 6.07 Å². The van der Waals surface area contributed by atoms with E-state index in [9.17, 15) is 9.90 Å². The van der Waals surface area contributed by atoms with Crippen molar-refractivity contribution >= 4 is 5.91 Å². The van der Waals surface area contributed by atoms with Crippen molar-refractivity contribution < 1.29 is 9.90 Å². The summed E-state index contributed by atoms with van der Waals surface area (Å²) >= 11 is 0. The molecule has 0 radical (unpaired) electrons. The standard InChI is InChI=1S/C14H20N2O2/c1-10-6-5-8-12(15-10)14(18)16-11-7-3-2-4-9-13(11)17/h5-6,8,11,13,17H,2-4,7,9H2,1H3,(H,16,18). The Balaban J connectivity index is 2.01. The quantitative estimate of drug-likeness (QED) is 0.785. The molecule has 1 aromatic rings. The van der Waals surface area contributed by atoms with Crippen LogP contribution in [0.4, 0.5) is 0 Å². The summed E-state index contributed by atoms with van der Waals surface area (Å²) in [5.41, 5.74) is 1.25. The maximum absolute atomic E-state index is 12.0. The summed E-state index contributed by atoms with van der Waals surface area (Å²) in [4.78, 5) is 16.2. The van der Waals surface area contributed by atoms with Crippen LogP contribution < -0.4 is 5.32 Å². The second-order valence-corrected chi connectivity index (χ2v) is 4.95. The van der Waals surface area contributed by atoms with E-state index in [1.165, 1.54) is 0 Å². The lowest BCUT2D eigenvalue weighted by molar-refractivity contribution is 0.0814. The summed E-state index contributed by atoms with van der Waals surface area (Å²) in [6, 6.07) is 5.24. The zero-order valence-electron chi connectivity index (χ0n) is 10.7. The van der Waals surface area contributed by atoms with Crippen LogP contribution in [-0.4, -0.2) is 28.1 Å². The van der Waals surface area contributed by atoms with Gasteiger partial charge in [0.05, 0.1) is 12.1 Å². The maximum atomic E-state index is 12.0. The Hall–Kier alpha value is -1.42. The van der Waals surface area contributed by atoms with Crippen LogP contribution in [0.2, 0.25) is 0 Å². The van der Waals surface area contributed by atoms with Gasteiger partial charge in [-0.25, -0.2) is 4.98 Å². The van der Waals surface area contributed by atoms with Crippen LogP contribution in [0.5, 0.6) is 0 Å². The van der Waals surface area contributed by atoms with E-state index in [0.29, 0.717) is 5.69 Å². The molecule has 4 heteroatoms. The number of aliphatic hydroxyl groups excluding tert-OH is 1. The van der Waals surface area contributed by atoms with Gasteiger partial charge in [-0.3, -0.25) is 4.79 Å². The first-order valence-corrected chi connectivity index (χ1v) is 6.59. The number of nitrogens with one attached hydrogen (secondary N) is 1. The lowest BCUT2D eigenvalue weighted by atomic mass is 10.1. The largest absolute Gasteiger partial charge is 0.391 e. The van der Waals surface area contributed by atoms with Gasteiger partial charge < -0.3 is 10.4 Å². The molecule has 1 fully saturated rings. The Bertz CT molecular complexity index is 420. The molecule has 0 aromatic carbocycles. The number of aryl methyl sites for hydroxylation is 1. The summed E-state index contributed by atoms with van der Waals surface area (Å²) in [5, 5.41) is 12.9. The highest BCUT2D eigenvalue weighted by atomic mass is 16.3. The molecule has 1 aliphatic rings. The Labute approximate surface area is 107 Å². The highest BCUT2D eigenvalue weighted by molar-refractivity contribution is 5.92. The zero-order valence-corrected chi connectivity index (χ0v) is 10.7. The summed E-state index contributed by atoms with van der Waals surface area (Å²) in [7, 11) is 0. The Morgan fingerprint density at radius 2 is 2.11 bits per heavy atom. The minimum absolute atomic E-state index is 0.137. The van der Waals surface area contributed by atoms with Crippen molar-refractivity contribution in [3.05, 3.63) is 29.6 Å². The van der Waals surface area contributed by atoms with Gasteiger partial charge in [0.25, 0.3) is 5.91 Å². The van der Waals surface area contributed by atoms with Crippen molar-refractivity contribution in [3.8, 4) is 0 Å². The van der Waals surface area contributed by atoms with Gasteiger partial charge in [-0.2, -0.15) is 0 Å². The maximum Gasteiger partial charge on any atom is 0.270 e. The lowest BCUT2D eigenvalue weighted by Crippen LogP contribution is -2.42. The van der Waals surface area contributed by atoms with E-state index in [0.717, 1.165) is 37.8 Å². The van der Waals surface area contributed by atoms with Crippen molar-refractivity contribution in [2.45, 2.75) is 51.2 Å². The molecule has 4 nitrogen and oxygen atoms in total. The third kappa shape index (κ3) is 3.29. The molecule has 2 atom stereocenters. The topological polar surface area (TPSA) is 62.2 Å². The average molecular weight is 248 g/mol. The zero-order chi connectivity index (χ0) is 13.0. The third-order valence-corrected chi connectivity index (χ3v) is 3.42. The second kappa shape index (κ2) is 5.96. The SMILES string of the molecule is Cc1cccc(C(=O)NC2CCCCCC2O)n1. The van der Waals surface area contributed by atoms with Crippen molar-refractivity contribution in [1.82, 2.24) is 10.3 Å². The molecule has 0 saturated heterocycles. The minimum Gasteiger partial charge on any atom is -0.391 e. The first-order valence-electron chi connectivity index (χ1n) is 6.59. The molecule has 1 aliphatic carbocycles. The molecule has 0 spiro atoms. The number of nitrogens with zero attached hydrogens (tertiary/aromatic N) is 1. The number of hydrogen-bond donors (Lipinski definition) is 2. The average Bonchev–Trinajstić information content (AvgIpc) is 2.55. The number of pyridine rings is 1. The molecule has 18 heavy (non-hydrogen) atoms. The number of aromatic nitrogens is 1. The van der Waals surface area contributed by atoms with E-state index in [1.807, 2.05) is 19.1 Å². The number of rotatable bonds is 2. The first-order chi connectivity index (χ1) is 8.66. The molecule has 98 valence electrons. The molecule has 2 rings (SSSR count). The molecule has 1 aromatic heterocycles.